The maximum atomic E-state index is 13.4. The van der Waals surface area contributed by atoms with Gasteiger partial charge in [-0.1, -0.05) is 42.5 Å². The summed E-state index contributed by atoms with van der Waals surface area (Å²) in [6, 6.07) is 18.5. The summed E-state index contributed by atoms with van der Waals surface area (Å²) in [4.78, 5) is 16.8. The number of fused-ring (bicyclic) bond motifs is 1. The third-order valence-electron chi connectivity index (χ3n) is 5.09. The monoisotopic (exact) mass is 347 g/mol. The number of amides is 1. The van der Waals surface area contributed by atoms with Gasteiger partial charge in [0.2, 0.25) is 0 Å². The summed E-state index contributed by atoms with van der Waals surface area (Å²) in [6.07, 6.45) is 0.938. The van der Waals surface area contributed by atoms with Crippen LogP contribution < -0.4 is 0 Å². The van der Waals surface area contributed by atoms with E-state index in [9.17, 15) is 4.79 Å². The molecule has 0 fully saturated rings. The molecule has 1 amide bonds. The molecule has 0 spiro atoms. The molecule has 1 atom stereocenters. The van der Waals surface area contributed by atoms with Gasteiger partial charge in [-0.05, 0) is 60.0 Å². The highest BCUT2D eigenvalue weighted by Gasteiger charge is 2.34. The molecular formula is C22H21NOS. The number of nitrogens with zero attached hydrogens (tertiary/aromatic N) is 1. The molecule has 3 aromatic rings. The van der Waals surface area contributed by atoms with E-state index in [4.69, 9.17) is 0 Å². The zero-order valence-corrected chi connectivity index (χ0v) is 15.3. The molecule has 0 radical (unpaired) electrons. The molecule has 0 aliphatic carbocycles. The first-order chi connectivity index (χ1) is 12.2. The molecule has 126 valence electrons. The SMILES string of the molecule is Cc1ccccc1C(=O)N1CCc2sccc2[C@H]1c1ccccc1C. The van der Waals surface area contributed by atoms with Crippen LogP contribution in [0.5, 0.6) is 0 Å². The Labute approximate surface area is 152 Å². The number of carbonyl (C=O) groups is 1. The van der Waals surface area contributed by atoms with Crippen molar-refractivity contribution in [2.24, 2.45) is 0 Å². The second-order valence-electron chi connectivity index (χ2n) is 6.62. The van der Waals surface area contributed by atoms with Gasteiger partial charge in [0.1, 0.15) is 0 Å². The average molecular weight is 347 g/mol. The molecule has 0 N–H and O–H groups in total. The van der Waals surface area contributed by atoms with Crippen LogP contribution in [-0.4, -0.2) is 17.4 Å². The molecule has 0 saturated heterocycles. The highest BCUT2D eigenvalue weighted by atomic mass is 32.1. The third kappa shape index (κ3) is 2.79. The van der Waals surface area contributed by atoms with Gasteiger partial charge in [-0.3, -0.25) is 4.79 Å². The normalized spacial score (nSPS) is 16.6. The molecule has 0 unspecified atom stereocenters. The Morgan fingerprint density at radius 2 is 1.68 bits per heavy atom. The lowest BCUT2D eigenvalue weighted by atomic mass is 9.90. The summed E-state index contributed by atoms with van der Waals surface area (Å²) in [6.45, 7) is 4.90. The van der Waals surface area contributed by atoms with E-state index in [0.717, 1.165) is 24.1 Å². The first kappa shape index (κ1) is 16.1. The van der Waals surface area contributed by atoms with Crippen molar-refractivity contribution in [3.8, 4) is 0 Å². The maximum absolute atomic E-state index is 13.4. The van der Waals surface area contributed by atoms with E-state index >= 15 is 0 Å². The molecule has 2 nitrogen and oxygen atoms in total. The summed E-state index contributed by atoms with van der Waals surface area (Å²) >= 11 is 1.80. The minimum Gasteiger partial charge on any atom is -0.327 e. The number of carbonyl (C=O) groups excluding carboxylic acids is 1. The van der Waals surface area contributed by atoms with E-state index < -0.39 is 0 Å². The van der Waals surface area contributed by atoms with Crippen LogP contribution >= 0.6 is 11.3 Å². The quantitative estimate of drug-likeness (QED) is 0.627. The number of benzene rings is 2. The van der Waals surface area contributed by atoms with Crippen molar-refractivity contribution in [3.63, 3.8) is 0 Å². The lowest BCUT2D eigenvalue weighted by Crippen LogP contribution is -2.40. The van der Waals surface area contributed by atoms with E-state index in [1.54, 1.807) is 11.3 Å². The molecule has 1 aromatic heterocycles. The molecule has 3 heteroatoms. The van der Waals surface area contributed by atoms with Crippen molar-refractivity contribution >= 4 is 17.2 Å². The van der Waals surface area contributed by atoms with E-state index in [-0.39, 0.29) is 11.9 Å². The Kier molecular flexibility index (Phi) is 4.18. The number of hydrogen-bond acceptors (Lipinski definition) is 2. The Bertz CT molecular complexity index is 927. The lowest BCUT2D eigenvalue weighted by molar-refractivity contribution is 0.0695. The summed E-state index contributed by atoms with van der Waals surface area (Å²) in [5, 5.41) is 2.15. The topological polar surface area (TPSA) is 20.3 Å². The highest BCUT2D eigenvalue weighted by molar-refractivity contribution is 7.10. The van der Waals surface area contributed by atoms with Gasteiger partial charge < -0.3 is 4.90 Å². The van der Waals surface area contributed by atoms with Crippen LogP contribution in [0.4, 0.5) is 0 Å². The van der Waals surface area contributed by atoms with Crippen LogP contribution in [0.2, 0.25) is 0 Å². The summed E-state index contributed by atoms with van der Waals surface area (Å²) in [5.41, 5.74) is 5.58. The maximum Gasteiger partial charge on any atom is 0.254 e. The molecule has 25 heavy (non-hydrogen) atoms. The fourth-order valence-corrected chi connectivity index (χ4v) is 4.64. The minimum absolute atomic E-state index is 0.00306. The molecule has 1 aliphatic rings. The zero-order valence-electron chi connectivity index (χ0n) is 14.5. The van der Waals surface area contributed by atoms with Gasteiger partial charge in [0.15, 0.2) is 0 Å². The van der Waals surface area contributed by atoms with E-state index in [1.165, 1.54) is 21.6 Å². The van der Waals surface area contributed by atoms with Crippen molar-refractivity contribution in [1.29, 1.82) is 0 Å². The molecular weight excluding hydrogens is 326 g/mol. The second kappa shape index (κ2) is 6.49. The lowest BCUT2D eigenvalue weighted by Gasteiger charge is -2.37. The predicted octanol–water partition coefficient (Wildman–Crippen LogP) is 5.15. The Morgan fingerprint density at radius 3 is 2.44 bits per heavy atom. The smallest absolute Gasteiger partial charge is 0.254 e. The zero-order chi connectivity index (χ0) is 17.4. The van der Waals surface area contributed by atoms with Crippen LogP contribution in [0.3, 0.4) is 0 Å². The number of rotatable bonds is 2. The first-order valence-corrected chi connectivity index (χ1v) is 9.53. The number of aryl methyl sites for hydroxylation is 2. The molecule has 2 aromatic carbocycles. The molecule has 2 heterocycles. The average Bonchev–Trinajstić information content (AvgIpc) is 3.10. The summed E-state index contributed by atoms with van der Waals surface area (Å²) in [5.74, 6) is 0.128. The van der Waals surface area contributed by atoms with Gasteiger partial charge in [-0.2, -0.15) is 0 Å². The van der Waals surface area contributed by atoms with Crippen LogP contribution in [-0.2, 0) is 6.42 Å². The first-order valence-electron chi connectivity index (χ1n) is 8.65. The van der Waals surface area contributed by atoms with Gasteiger partial charge in [-0.25, -0.2) is 0 Å². The predicted molar refractivity (Wildman–Crippen MR) is 103 cm³/mol. The fourth-order valence-electron chi connectivity index (χ4n) is 3.73. The van der Waals surface area contributed by atoms with Crippen LogP contribution in [0, 0.1) is 13.8 Å². The van der Waals surface area contributed by atoms with Crippen molar-refractivity contribution < 1.29 is 4.79 Å². The molecule has 4 rings (SSSR count). The van der Waals surface area contributed by atoms with Gasteiger partial charge >= 0.3 is 0 Å². The molecule has 0 saturated carbocycles. The fraction of sp³-hybridized carbons (Fsp3) is 0.227. The standard InChI is InChI=1S/C22H21NOS/c1-15-7-3-5-9-17(15)21-19-12-14-25-20(19)11-13-23(21)22(24)18-10-6-4-8-16(18)2/h3-10,12,14,21H,11,13H2,1-2H3/t21-/m1/s1. The number of hydrogen-bond donors (Lipinski definition) is 0. The van der Waals surface area contributed by atoms with Crippen molar-refractivity contribution in [1.82, 2.24) is 4.90 Å². The highest BCUT2D eigenvalue weighted by Crippen LogP contribution is 2.39. The van der Waals surface area contributed by atoms with Crippen molar-refractivity contribution in [2.75, 3.05) is 6.54 Å². The summed E-state index contributed by atoms with van der Waals surface area (Å²) in [7, 11) is 0. The van der Waals surface area contributed by atoms with Crippen LogP contribution in [0.25, 0.3) is 0 Å². The Balaban J connectivity index is 1.83. The second-order valence-corrected chi connectivity index (χ2v) is 7.62. The molecule has 0 bridgehead atoms. The van der Waals surface area contributed by atoms with Crippen molar-refractivity contribution in [3.05, 3.63) is 92.7 Å². The molecule has 1 aliphatic heterocycles. The Morgan fingerprint density at radius 1 is 0.960 bits per heavy atom. The Hall–Kier alpha value is -2.39. The van der Waals surface area contributed by atoms with E-state index in [0.29, 0.717) is 0 Å². The summed E-state index contributed by atoms with van der Waals surface area (Å²) < 4.78 is 0. The van der Waals surface area contributed by atoms with Crippen LogP contribution in [0.15, 0.2) is 60.0 Å². The number of thiophene rings is 1. The van der Waals surface area contributed by atoms with Gasteiger partial charge in [0, 0.05) is 17.0 Å². The van der Waals surface area contributed by atoms with Gasteiger partial charge in [0.05, 0.1) is 6.04 Å². The van der Waals surface area contributed by atoms with E-state index in [1.807, 2.05) is 31.2 Å². The largest absolute Gasteiger partial charge is 0.327 e. The van der Waals surface area contributed by atoms with Crippen molar-refractivity contribution in [2.45, 2.75) is 26.3 Å². The third-order valence-corrected chi connectivity index (χ3v) is 6.08. The van der Waals surface area contributed by atoms with Gasteiger partial charge in [0.25, 0.3) is 5.91 Å². The minimum atomic E-state index is 0.00306. The van der Waals surface area contributed by atoms with Crippen LogP contribution in [0.1, 0.15) is 43.5 Å². The van der Waals surface area contributed by atoms with Gasteiger partial charge in [-0.15, -0.1) is 11.3 Å². The van der Waals surface area contributed by atoms with E-state index in [2.05, 4.69) is 47.5 Å².